The SMILES string of the molecule is CC(C)(C)n1nnc(CNC(=O)Nc2cc3c(cn2)CCC3)n1. The van der Waals surface area contributed by atoms with Crippen molar-refractivity contribution in [3.63, 3.8) is 0 Å². The van der Waals surface area contributed by atoms with Gasteiger partial charge in [0.05, 0.1) is 12.1 Å². The Morgan fingerprint density at radius 2 is 2.09 bits per heavy atom. The van der Waals surface area contributed by atoms with Crippen LogP contribution in [-0.4, -0.2) is 31.2 Å². The third kappa shape index (κ3) is 3.64. The molecule has 0 saturated heterocycles. The molecule has 8 nitrogen and oxygen atoms in total. The van der Waals surface area contributed by atoms with Gasteiger partial charge in [-0.3, -0.25) is 5.32 Å². The van der Waals surface area contributed by atoms with Crippen LogP contribution in [0.1, 0.15) is 44.1 Å². The van der Waals surface area contributed by atoms with Gasteiger partial charge in [-0.25, -0.2) is 9.78 Å². The van der Waals surface area contributed by atoms with Gasteiger partial charge in [-0.15, -0.1) is 10.2 Å². The van der Waals surface area contributed by atoms with Gasteiger partial charge in [0.25, 0.3) is 0 Å². The fraction of sp³-hybridized carbons (Fsp3) is 0.533. The molecule has 3 rings (SSSR count). The third-order valence-corrected chi connectivity index (χ3v) is 3.68. The molecule has 0 spiro atoms. The Kier molecular flexibility index (Phi) is 3.97. The van der Waals surface area contributed by atoms with Crippen LogP contribution in [0.4, 0.5) is 10.6 Å². The Balaban J connectivity index is 1.54. The summed E-state index contributed by atoms with van der Waals surface area (Å²) in [5.41, 5.74) is 2.31. The van der Waals surface area contributed by atoms with Gasteiger partial charge in [0.1, 0.15) is 5.82 Å². The van der Waals surface area contributed by atoms with Gasteiger partial charge in [-0.05, 0) is 62.4 Å². The second-order valence-corrected chi connectivity index (χ2v) is 6.67. The van der Waals surface area contributed by atoms with Gasteiger partial charge >= 0.3 is 6.03 Å². The van der Waals surface area contributed by atoms with E-state index in [2.05, 4.69) is 31.0 Å². The number of nitrogens with zero attached hydrogens (tertiary/aromatic N) is 5. The zero-order valence-electron chi connectivity index (χ0n) is 13.6. The predicted molar refractivity (Wildman–Crippen MR) is 84.9 cm³/mol. The van der Waals surface area contributed by atoms with Gasteiger partial charge < -0.3 is 5.32 Å². The number of tetrazole rings is 1. The average molecular weight is 315 g/mol. The normalized spacial score (nSPS) is 13.7. The maximum absolute atomic E-state index is 11.9. The lowest BCUT2D eigenvalue weighted by Gasteiger charge is -2.15. The van der Waals surface area contributed by atoms with E-state index in [4.69, 9.17) is 0 Å². The van der Waals surface area contributed by atoms with E-state index in [0.29, 0.717) is 11.6 Å². The molecular weight excluding hydrogens is 294 g/mol. The van der Waals surface area contributed by atoms with E-state index < -0.39 is 0 Å². The van der Waals surface area contributed by atoms with Crippen molar-refractivity contribution in [3.05, 3.63) is 29.2 Å². The first-order valence-corrected chi connectivity index (χ1v) is 7.74. The summed E-state index contributed by atoms with van der Waals surface area (Å²) in [5, 5.41) is 17.6. The number of hydrogen-bond acceptors (Lipinski definition) is 5. The number of hydrogen-bond donors (Lipinski definition) is 2. The fourth-order valence-corrected chi connectivity index (χ4v) is 2.44. The van der Waals surface area contributed by atoms with Crippen LogP contribution in [0.25, 0.3) is 0 Å². The summed E-state index contributed by atoms with van der Waals surface area (Å²) in [6, 6.07) is 1.61. The van der Waals surface area contributed by atoms with E-state index in [1.165, 1.54) is 15.9 Å². The Bertz CT molecular complexity index is 717. The van der Waals surface area contributed by atoms with Crippen molar-refractivity contribution in [2.45, 2.75) is 52.1 Å². The second-order valence-electron chi connectivity index (χ2n) is 6.67. The van der Waals surface area contributed by atoms with Crippen molar-refractivity contribution in [1.82, 2.24) is 30.5 Å². The van der Waals surface area contributed by atoms with E-state index in [-0.39, 0.29) is 18.1 Å². The Labute approximate surface area is 134 Å². The van der Waals surface area contributed by atoms with Crippen LogP contribution in [-0.2, 0) is 24.9 Å². The highest BCUT2D eigenvalue weighted by atomic mass is 16.2. The van der Waals surface area contributed by atoms with Crippen molar-refractivity contribution in [3.8, 4) is 0 Å². The number of anilines is 1. The highest BCUT2D eigenvalue weighted by Crippen LogP contribution is 2.22. The minimum absolute atomic E-state index is 0.215. The van der Waals surface area contributed by atoms with Crippen LogP contribution in [0, 0.1) is 0 Å². The molecule has 23 heavy (non-hydrogen) atoms. The lowest BCUT2D eigenvalue weighted by atomic mass is 10.1. The van der Waals surface area contributed by atoms with E-state index in [1.807, 2.05) is 33.0 Å². The number of nitrogens with one attached hydrogen (secondary N) is 2. The van der Waals surface area contributed by atoms with Gasteiger partial charge in [0, 0.05) is 6.20 Å². The predicted octanol–water partition coefficient (Wildman–Crippen LogP) is 1.63. The fourth-order valence-electron chi connectivity index (χ4n) is 2.44. The molecule has 2 N–H and O–H groups in total. The molecule has 2 aromatic rings. The molecular formula is C15H21N7O. The van der Waals surface area contributed by atoms with Crippen LogP contribution >= 0.6 is 0 Å². The van der Waals surface area contributed by atoms with Gasteiger partial charge in [0.2, 0.25) is 0 Å². The summed E-state index contributed by atoms with van der Waals surface area (Å²) in [4.78, 5) is 17.7. The topological polar surface area (TPSA) is 97.6 Å². The number of rotatable bonds is 3. The monoisotopic (exact) mass is 315 g/mol. The zero-order valence-corrected chi connectivity index (χ0v) is 13.6. The van der Waals surface area contributed by atoms with Crippen LogP contribution in [0.5, 0.6) is 0 Å². The summed E-state index contributed by atoms with van der Waals surface area (Å²) >= 11 is 0. The maximum atomic E-state index is 11.9. The molecule has 0 aromatic carbocycles. The number of aromatic nitrogens is 5. The van der Waals surface area contributed by atoms with E-state index in [0.717, 1.165) is 19.3 Å². The largest absolute Gasteiger partial charge is 0.330 e. The van der Waals surface area contributed by atoms with Crippen molar-refractivity contribution in [2.75, 3.05) is 5.32 Å². The standard InChI is InChI=1S/C15H21N7O/c1-15(2,3)22-20-13(19-21-22)9-17-14(23)18-12-7-10-5-4-6-11(10)8-16-12/h7-8H,4-6,9H2,1-3H3,(H2,16,17,18,23). The highest BCUT2D eigenvalue weighted by molar-refractivity contribution is 5.88. The van der Waals surface area contributed by atoms with Crippen molar-refractivity contribution < 1.29 is 4.79 Å². The molecule has 2 heterocycles. The number of fused-ring (bicyclic) bond motifs is 1. The van der Waals surface area contributed by atoms with Crippen molar-refractivity contribution in [1.29, 1.82) is 0 Å². The van der Waals surface area contributed by atoms with Crippen molar-refractivity contribution >= 4 is 11.8 Å². The van der Waals surface area contributed by atoms with Crippen LogP contribution < -0.4 is 10.6 Å². The minimum atomic E-state index is -0.331. The van der Waals surface area contributed by atoms with Crippen LogP contribution in [0.15, 0.2) is 12.3 Å². The Morgan fingerprint density at radius 1 is 1.30 bits per heavy atom. The van der Waals surface area contributed by atoms with E-state index >= 15 is 0 Å². The average Bonchev–Trinajstić information content (AvgIpc) is 3.13. The number of amides is 2. The summed E-state index contributed by atoms with van der Waals surface area (Å²) in [6.07, 6.45) is 5.12. The molecule has 0 radical (unpaired) electrons. The Hall–Kier alpha value is -2.51. The minimum Gasteiger partial charge on any atom is -0.330 e. The quantitative estimate of drug-likeness (QED) is 0.897. The highest BCUT2D eigenvalue weighted by Gasteiger charge is 2.17. The molecule has 2 amide bonds. The summed E-state index contributed by atoms with van der Waals surface area (Å²) < 4.78 is 0. The molecule has 2 aromatic heterocycles. The Morgan fingerprint density at radius 3 is 2.83 bits per heavy atom. The molecule has 0 aliphatic heterocycles. The molecule has 122 valence electrons. The number of urea groups is 1. The third-order valence-electron chi connectivity index (χ3n) is 3.68. The first-order valence-electron chi connectivity index (χ1n) is 7.74. The lowest BCUT2D eigenvalue weighted by Crippen LogP contribution is -2.29. The molecule has 0 bridgehead atoms. The van der Waals surface area contributed by atoms with E-state index in [1.54, 1.807) is 0 Å². The molecule has 0 unspecified atom stereocenters. The number of carbonyl (C=O) groups excluding carboxylic acids is 1. The molecule has 1 aliphatic rings. The number of aryl methyl sites for hydroxylation is 2. The van der Waals surface area contributed by atoms with Crippen LogP contribution in [0.3, 0.4) is 0 Å². The molecule has 8 heteroatoms. The molecule has 0 fully saturated rings. The van der Waals surface area contributed by atoms with Gasteiger partial charge in [-0.1, -0.05) is 0 Å². The van der Waals surface area contributed by atoms with Gasteiger partial charge in [-0.2, -0.15) is 4.80 Å². The zero-order chi connectivity index (χ0) is 16.4. The summed E-state index contributed by atoms with van der Waals surface area (Å²) in [7, 11) is 0. The first kappa shape index (κ1) is 15.4. The van der Waals surface area contributed by atoms with Crippen molar-refractivity contribution in [2.24, 2.45) is 0 Å². The number of pyridine rings is 1. The van der Waals surface area contributed by atoms with Gasteiger partial charge in [0.15, 0.2) is 5.82 Å². The summed E-state index contributed by atoms with van der Waals surface area (Å²) in [5.74, 6) is 1.03. The molecule has 0 atom stereocenters. The lowest BCUT2D eigenvalue weighted by molar-refractivity contribution is 0.251. The smallest absolute Gasteiger partial charge is 0.320 e. The second kappa shape index (κ2) is 5.94. The number of carbonyl (C=O) groups is 1. The maximum Gasteiger partial charge on any atom is 0.320 e. The van der Waals surface area contributed by atoms with E-state index in [9.17, 15) is 4.79 Å². The first-order chi connectivity index (χ1) is 10.9. The molecule has 0 saturated carbocycles. The van der Waals surface area contributed by atoms with Crippen LogP contribution in [0.2, 0.25) is 0 Å². The molecule has 1 aliphatic carbocycles. The summed E-state index contributed by atoms with van der Waals surface area (Å²) in [6.45, 7) is 6.17.